The van der Waals surface area contributed by atoms with Gasteiger partial charge in [-0.3, -0.25) is 4.57 Å². The quantitative estimate of drug-likeness (QED) is 0.193. The summed E-state index contributed by atoms with van der Waals surface area (Å²) in [5, 5.41) is 32.8. The molecule has 0 saturated heterocycles. The fourth-order valence-corrected chi connectivity index (χ4v) is 5.68. The molecule has 12 nitrogen and oxygen atoms in total. The van der Waals surface area contributed by atoms with E-state index >= 15 is 0 Å². The largest absolute Gasteiger partial charge is 0.318 e. The normalized spacial score (nSPS) is 15.0. The third kappa shape index (κ3) is 8.18. The highest BCUT2D eigenvalue weighted by molar-refractivity contribution is 5.54. The Hall–Kier alpha value is -5.00. The molecule has 12 heteroatoms. The van der Waals surface area contributed by atoms with Gasteiger partial charge in [0, 0.05) is 49.6 Å². The minimum absolute atomic E-state index is 0.631. The molecule has 0 bridgehead atoms. The van der Waals surface area contributed by atoms with Crippen LogP contribution in [-0.4, -0.2) is 59.1 Å². The van der Waals surface area contributed by atoms with Gasteiger partial charge in [0.05, 0.1) is 0 Å². The number of aryl methyl sites for hydroxylation is 4. The summed E-state index contributed by atoms with van der Waals surface area (Å²) in [5.41, 5.74) is 2.27. The van der Waals surface area contributed by atoms with Crippen molar-refractivity contribution in [2.24, 2.45) is 14.1 Å². The lowest BCUT2D eigenvalue weighted by Gasteiger charge is -2.07. The Morgan fingerprint density at radius 3 is 1.51 bits per heavy atom. The van der Waals surface area contributed by atoms with Gasteiger partial charge in [-0.15, -0.1) is 40.8 Å². The number of nitrogens with zero attached hydrogens (tertiary/aromatic N) is 12. The van der Waals surface area contributed by atoms with Crippen LogP contribution in [0.4, 0.5) is 0 Å². The van der Waals surface area contributed by atoms with Crippen molar-refractivity contribution in [3.05, 3.63) is 101 Å². The minimum atomic E-state index is 0.631. The molecular weight excluding hydrogens is 612 g/mol. The van der Waals surface area contributed by atoms with Crippen LogP contribution in [0.15, 0.2) is 60.7 Å². The average molecular weight is 661 g/mol. The summed E-state index contributed by atoms with van der Waals surface area (Å²) >= 11 is 0. The Morgan fingerprint density at radius 2 is 0.980 bits per heavy atom. The fourth-order valence-electron chi connectivity index (χ4n) is 5.68. The molecule has 0 N–H and O–H groups in total. The van der Waals surface area contributed by atoms with E-state index in [1.165, 1.54) is 50.0 Å². The van der Waals surface area contributed by atoms with Gasteiger partial charge in [-0.25, -0.2) is 0 Å². The SMILES string of the molecule is CCn1c(C)nnc1C1CC1.Cc1nnc(-c2ccccc2)n1C.Cc1nnc(C2CC2)n1-c1ccccc1.Cc1nnc(C2CC2)n1C. The molecule has 0 aliphatic heterocycles. The molecule has 0 amide bonds. The van der Waals surface area contributed by atoms with Gasteiger partial charge in [0.1, 0.15) is 40.8 Å². The van der Waals surface area contributed by atoms with Crippen molar-refractivity contribution < 1.29 is 0 Å². The zero-order valence-corrected chi connectivity index (χ0v) is 29.8. The third-order valence-electron chi connectivity index (χ3n) is 9.22. The van der Waals surface area contributed by atoms with Gasteiger partial charge in [0.2, 0.25) is 0 Å². The highest BCUT2D eigenvalue weighted by Crippen LogP contribution is 2.40. The molecule has 9 rings (SSSR count). The second-order valence-electron chi connectivity index (χ2n) is 13.1. The second-order valence-corrected chi connectivity index (χ2v) is 13.1. The highest BCUT2D eigenvalue weighted by atomic mass is 15.3. The molecule has 0 atom stereocenters. The molecule has 3 aliphatic carbocycles. The van der Waals surface area contributed by atoms with Crippen molar-refractivity contribution in [2.45, 2.75) is 97.4 Å². The van der Waals surface area contributed by atoms with Crippen LogP contribution in [0.5, 0.6) is 0 Å². The first-order chi connectivity index (χ1) is 23.8. The van der Waals surface area contributed by atoms with E-state index in [4.69, 9.17) is 0 Å². The maximum atomic E-state index is 4.27. The van der Waals surface area contributed by atoms with Gasteiger partial charge in [0.15, 0.2) is 5.82 Å². The lowest BCUT2D eigenvalue weighted by molar-refractivity contribution is 0.681. The lowest BCUT2D eigenvalue weighted by atomic mass is 10.2. The number of rotatable bonds is 6. The zero-order chi connectivity index (χ0) is 34.5. The third-order valence-corrected chi connectivity index (χ3v) is 9.22. The summed E-state index contributed by atoms with van der Waals surface area (Å²) in [6, 6.07) is 20.4. The van der Waals surface area contributed by atoms with Crippen molar-refractivity contribution >= 4 is 0 Å². The summed E-state index contributed by atoms with van der Waals surface area (Å²) in [6.07, 6.45) is 7.71. The maximum absolute atomic E-state index is 4.27. The molecule has 2 aromatic carbocycles. The monoisotopic (exact) mass is 660 g/mol. The Balaban J connectivity index is 0.000000115. The molecule has 0 radical (unpaired) electrons. The number of hydrogen-bond donors (Lipinski definition) is 0. The van der Waals surface area contributed by atoms with Crippen LogP contribution in [0.3, 0.4) is 0 Å². The second kappa shape index (κ2) is 15.0. The topological polar surface area (TPSA) is 123 Å². The predicted octanol–water partition coefficient (Wildman–Crippen LogP) is 6.73. The van der Waals surface area contributed by atoms with E-state index in [2.05, 4.69) is 73.5 Å². The maximum Gasteiger partial charge on any atom is 0.163 e. The molecule has 0 spiro atoms. The van der Waals surface area contributed by atoms with Crippen LogP contribution in [0.2, 0.25) is 0 Å². The predicted molar refractivity (Wildman–Crippen MR) is 189 cm³/mol. The number of para-hydroxylation sites is 1. The average Bonchev–Trinajstić information content (AvgIpc) is 4.06. The van der Waals surface area contributed by atoms with E-state index in [0.29, 0.717) is 11.8 Å². The van der Waals surface area contributed by atoms with Gasteiger partial charge < -0.3 is 13.7 Å². The molecule has 3 saturated carbocycles. The van der Waals surface area contributed by atoms with E-state index in [0.717, 1.165) is 58.8 Å². The summed E-state index contributed by atoms with van der Waals surface area (Å²) < 4.78 is 8.43. The summed E-state index contributed by atoms with van der Waals surface area (Å²) in [4.78, 5) is 0. The van der Waals surface area contributed by atoms with Gasteiger partial charge in [0.25, 0.3) is 0 Å². The molecule has 256 valence electrons. The van der Waals surface area contributed by atoms with Gasteiger partial charge >= 0.3 is 0 Å². The Bertz CT molecular complexity index is 1940. The molecule has 0 unspecified atom stereocenters. The molecule has 4 aromatic heterocycles. The van der Waals surface area contributed by atoms with Gasteiger partial charge in [-0.05, 0) is 85.3 Å². The van der Waals surface area contributed by atoms with E-state index in [-0.39, 0.29) is 0 Å². The van der Waals surface area contributed by atoms with E-state index < -0.39 is 0 Å². The Kier molecular flexibility index (Phi) is 10.4. The van der Waals surface area contributed by atoms with Crippen LogP contribution in [-0.2, 0) is 20.6 Å². The molecule has 4 heterocycles. The van der Waals surface area contributed by atoms with Crippen LogP contribution in [0.1, 0.15) is 104 Å². The van der Waals surface area contributed by atoms with Crippen molar-refractivity contribution in [1.29, 1.82) is 0 Å². The zero-order valence-electron chi connectivity index (χ0n) is 29.8. The Morgan fingerprint density at radius 1 is 0.510 bits per heavy atom. The summed E-state index contributed by atoms with van der Waals surface area (Å²) in [5.74, 6) is 10.4. The molecule has 3 fully saturated rings. The molecule has 6 aromatic rings. The first kappa shape index (κ1) is 33.9. The van der Waals surface area contributed by atoms with Crippen LogP contribution in [0.25, 0.3) is 17.1 Å². The number of hydrogen-bond acceptors (Lipinski definition) is 8. The lowest BCUT2D eigenvalue weighted by Crippen LogP contribution is -2.01. The van der Waals surface area contributed by atoms with Crippen LogP contribution >= 0.6 is 0 Å². The smallest absolute Gasteiger partial charge is 0.163 e. The number of benzene rings is 2. The fraction of sp³-hybridized carbons (Fsp3) is 0.459. The van der Waals surface area contributed by atoms with Gasteiger partial charge in [-0.2, -0.15) is 0 Å². The van der Waals surface area contributed by atoms with Crippen molar-refractivity contribution in [1.82, 2.24) is 59.1 Å². The standard InChI is InChI=1S/C12H13N3.C10H11N3.C8H13N3.C7H11N3/c1-9-13-14-12(10-7-8-10)15(9)11-5-3-2-4-6-11;1-8-11-12-10(13(8)2)9-6-4-3-5-7-9;1-3-11-6(2)9-10-8(11)7-4-5-7;1-5-8-9-7(10(5)2)6-3-4-6/h2-6,10H,7-8H2,1H3;3-7H,1-2H3;7H,3-5H2,1-2H3;6H,3-4H2,1-2H3. The van der Waals surface area contributed by atoms with E-state index in [1.807, 2.05) is 94.9 Å². The Labute approximate surface area is 288 Å². The first-order valence-electron chi connectivity index (χ1n) is 17.4. The highest BCUT2D eigenvalue weighted by Gasteiger charge is 2.31. The molecule has 49 heavy (non-hydrogen) atoms. The van der Waals surface area contributed by atoms with E-state index in [9.17, 15) is 0 Å². The first-order valence-corrected chi connectivity index (χ1v) is 17.4. The summed E-state index contributed by atoms with van der Waals surface area (Å²) in [7, 11) is 4.00. The molecular formula is C37H48N12. The molecule has 3 aliphatic rings. The summed E-state index contributed by atoms with van der Waals surface area (Å²) in [6.45, 7) is 11.1. The number of aromatic nitrogens is 12. The van der Waals surface area contributed by atoms with Crippen molar-refractivity contribution in [3.63, 3.8) is 0 Å². The minimum Gasteiger partial charge on any atom is -0.318 e. The van der Waals surface area contributed by atoms with E-state index in [1.54, 1.807) is 0 Å². The van der Waals surface area contributed by atoms with Crippen molar-refractivity contribution in [3.8, 4) is 17.1 Å². The van der Waals surface area contributed by atoms with Crippen LogP contribution in [0, 0.1) is 27.7 Å². The van der Waals surface area contributed by atoms with Gasteiger partial charge in [-0.1, -0.05) is 48.5 Å². The van der Waals surface area contributed by atoms with Crippen molar-refractivity contribution in [2.75, 3.05) is 0 Å². The van der Waals surface area contributed by atoms with Crippen LogP contribution < -0.4 is 0 Å².